The second-order valence-corrected chi connectivity index (χ2v) is 7.48. The molecule has 0 amide bonds. The third-order valence-electron chi connectivity index (χ3n) is 1.91. The Morgan fingerprint density at radius 3 is 2.71 bits per heavy atom. The lowest BCUT2D eigenvalue weighted by Gasteiger charge is -2.22. The molecule has 1 rings (SSSR count). The first kappa shape index (κ1) is 14.6. The molecule has 1 aromatic rings. The molecule has 0 bridgehead atoms. The van der Waals surface area contributed by atoms with Gasteiger partial charge in [0, 0.05) is 21.4 Å². The summed E-state index contributed by atoms with van der Waals surface area (Å²) in [6, 6.07) is 7.79. The number of rotatable bonds is 2. The van der Waals surface area contributed by atoms with Gasteiger partial charge in [0.1, 0.15) is 11.3 Å². The van der Waals surface area contributed by atoms with E-state index in [0.717, 1.165) is 10.0 Å². The lowest BCUT2D eigenvalue weighted by molar-refractivity contribution is 0.548. The summed E-state index contributed by atoms with van der Waals surface area (Å²) < 4.78 is 15.3. The number of hydrogen-bond donors (Lipinski definition) is 1. The third-order valence-corrected chi connectivity index (χ3v) is 3.92. The Morgan fingerprint density at radius 2 is 2.12 bits per heavy atom. The van der Waals surface area contributed by atoms with Crippen molar-refractivity contribution in [2.24, 2.45) is 0 Å². The Hall–Kier alpha value is -0.470. The SMILES string of the molecule is CC(C)(C)[S+]([O-])NCC#Cc1cccc(Br)c1. The molecule has 0 saturated heterocycles. The highest BCUT2D eigenvalue weighted by molar-refractivity contribution is 9.10. The van der Waals surface area contributed by atoms with Crippen LogP contribution in [0.2, 0.25) is 0 Å². The second-order valence-electron chi connectivity index (χ2n) is 4.51. The molecular formula is C13H16BrNOS. The highest BCUT2D eigenvalue weighted by Gasteiger charge is 2.25. The Labute approximate surface area is 115 Å². The van der Waals surface area contributed by atoms with Crippen molar-refractivity contribution in [1.82, 2.24) is 4.72 Å². The molecule has 0 saturated carbocycles. The van der Waals surface area contributed by atoms with Crippen LogP contribution in [0, 0.1) is 11.8 Å². The molecule has 0 heterocycles. The van der Waals surface area contributed by atoms with Gasteiger partial charge in [-0.15, -0.1) is 4.72 Å². The standard InChI is InChI=1S/C13H16BrNOS/c1-13(2,3)17(16)15-9-5-7-11-6-4-8-12(14)10-11/h4,6,8,10,15H,9H2,1-3H3. The van der Waals surface area contributed by atoms with Gasteiger partial charge in [-0.3, -0.25) is 0 Å². The summed E-state index contributed by atoms with van der Waals surface area (Å²) in [6.45, 7) is 6.21. The number of hydrogen-bond acceptors (Lipinski definition) is 2. The first-order valence-corrected chi connectivity index (χ1v) is 7.24. The molecule has 4 heteroatoms. The zero-order chi connectivity index (χ0) is 12.9. The summed E-state index contributed by atoms with van der Waals surface area (Å²) in [4.78, 5) is 0. The molecule has 0 aliphatic rings. The average molecular weight is 314 g/mol. The topological polar surface area (TPSA) is 35.1 Å². The molecule has 0 aliphatic carbocycles. The van der Waals surface area contributed by atoms with Crippen molar-refractivity contribution in [1.29, 1.82) is 0 Å². The van der Waals surface area contributed by atoms with E-state index in [1.165, 1.54) is 0 Å². The fourth-order valence-corrected chi connectivity index (χ4v) is 2.07. The molecule has 1 N–H and O–H groups in total. The van der Waals surface area contributed by atoms with Crippen molar-refractivity contribution < 1.29 is 4.55 Å². The molecule has 0 spiro atoms. The van der Waals surface area contributed by atoms with E-state index in [1.807, 2.05) is 45.0 Å². The summed E-state index contributed by atoms with van der Waals surface area (Å²) in [6.07, 6.45) is 0. The number of nitrogens with one attached hydrogen (secondary N) is 1. The predicted octanol–water partition coefficient (Wildman–Crippen LogP) is 2.85. The van der Waals surface area contributed by atoms with Crippen molar-refractivity contribution >= 4 is 27.3 Å². The Kier molecular flexibility index (Phi) is 5.54. The van der Waals surface area contributed by atoms with Gasteiger partial charge in [0.2, 0.25) is 0 Å². The van der Waals surface area contributed by atoms with Crippen molar-refractivity contribution in [3.05, 3.63) is 34.3 Å². The summed E-state index contributed by atoms with van der Waals surface area (Å²) >= 11 is 2.33. The molecule has 0 fully saturated rings. The molecule has 92 valence electrons. The molecule has 2 nitrogen and oxygen atoms in total. The second kappa shape index (κ2) is 6.46. The van der Waals surface area contributed by atoms with Crippen LogP contribution in [-0.2, 0) is 11.4 Å². The van der Waals surface area contributed by atoms with Crippen LogP contribution in [0.25, 0.3) is 0 Å². The van der Waals surface area contributed by atoms with Crippen molar-refractivity contribution in [3.63, 3.8) is 0 Å². The first-order chi connectivity index (χ1) is 7.89. The van der Waals surface area contributed by atoms with Crippen molar-refractivity contribution in [2.75, 3.05) is 6.54 Å². The average Bonchev–Trinajstić information content (AvgIpc) is 2.23. The van der Waals surface area contributed by atoms with Crippen LogP contribution in [0.5, 0.6) is 0 Å². The largest absolute Gasteiger partial charge is 0.598 e. The molecule has 1 unspecified atom stereocenters. The summed E-state index contributed by atoms with van der Waals surface area (Å²) in [5, 5.41) is 0. The minimum atomic E-state index is -1.06. The smallest absolute Gasteiger partial charge is 0.136 e. The van der Waals surface area contributed by atoms with E-state index in [0.29, 0.717) is 6.54 Å². The number of halogens is 1. The molecule has 1 atom stereocenters. The molecule has 0 radical (unpaired) electrons. The molecule has 17 heavy (non-hydrogen) atoms. The van der Waals surface area contributed by atoms with Crippen LogP contribution in [0.1, 0.15) is 26.3 Å². The number of benzene rings is 1. The van der Waals surface area contributed by atoms with Crippen LogP contribution in [0.3, 0.4) is 0 Å². The minimum absolute atomic E-state index is 0.253. The van der Waals surface area contributed by atoms with Gasteiger partial charge in [0.05, 0.1) is 0 Å². The van der Waals surface area contributed by atoms with Crippen LogP contribution < -0.4 is 4.72 Å². The van der Waals surface area contributed by atoms with E-state index >= 15 is 0 Å². The minimum Gasteiger partial charge on any atom is -0.598 e. The maximum atomic E-state index is 11.7. The molecule has 0 aromatic heterocycles. The van der Waals surface area contributed by atoms with Crippen LogP contribution in [0.4, 0.5) is 0 Å². The van der Waals surface area contributed by atoms with E-state index in [4.69, 9.17) is 0 Å². The van der Waals surface area contributed by atoms with Gasteiger partial charge in [-0.25, -0.2) is 0 Å². The highest BCUT2D eigenvalue weighted by Crippen LogP contribution is 2.12. The fraction of sp³-hybridized carbons (Fsp3) is 0.385. The van der Waals surface area contributed by atoms with E-state index in [2.05, 4.69) is 32.5 Å². The Bertz CT molecular complexity index is 431. The van der Waals surface area contributed by atoms with Crippen LogP contribution >= 0.6 is 15.9 Å². The Balaban J connectivity index is 2.47. The van der Waals surface area contributed by atoms with Gasteiger partial charge >= 0.3 is 0 Å². The van der Waals surface area contributed by atoms with Crippen LogP contribution in [-0.4, -0.2) is 15.8 Å². The van der Waals surface area contributed by atoms with Gasteiger partial charge in [-0.1, -0.05) is 33.8 Å². The summed E-state index contributed by atoms with van der Waals surface area (Å²) in [5.74, 6) is 5.97. The molecule has 0 aliphatic heterocycles. The maximum Gasteiger partial charge on any atom is 0.136 e. The third kappa shape index (κ3) is 5.60. The van der Waals surface area contributed by atoms with Gasteiger partial charge < -0.3 is 4.55 Å². The van der Waals surface area contributed by atoms with E-state index < -0.39 is 11.4 Å². The first-order valence-electron chi connectivity index (χ1n) is 5.29. The van der Waals surface area contributed by atoms with Crippen LogP contribution in [0.15, 0.2) is 28.7 Å². The van der Waals surface area contributed by atoms with Gasteiger partial charge in [0.25, 0.3) is 0 Å². The maximum absolute atomic E-state index is 11.7. The highest BCUT2D eigenvalue weighted by atomic mass is 79.9. The quantitative estimate of drug-likeness (QED) is 0.673. The zero-order valence-corrected chi connectivity index (χ0v) is 12.6. The van der Waals surface area contributed by atoms with E-state index in [-0.39, 0.29) is 4.75 Å². The van der Waals surface area contributed by atoms with Crippen molar-refractivity contribution in [2.45, 2.75) is 25.5 Å². The van der Waals surface area contributed by atoms with E-state index in [9.17, 15) is 4.55 Å². The summed E-state index contributed by atoms with van der Waals surface area (Å²) in [5.41, 5.74) is 0.947. The van der Waals surface area contributed by atoms with E-state index in [1.54, 1.807) is 0 Å². The van der Waals surface area contributed by atoms with Gasteiger partial charge in [-0.05, 0) is 39.0 Å². The Morgan fingerprint density at radius 1 is 1.41 bits per heavy atom. The lowest BCUT2D eigenvalue weighted by Crippen LogP contribution is -2.39. The zero-order valence-electron chi connectivity index (χ0n) is 10.2. The molecular weight excluding hydrogens is 298 g/mol. The molecule has 1 aromatic carbocycles. The summed E-state index contributed by atoms with van der Waals surface area (Å²) in [7, 11) is 0. The monoisotopic (exact) mass is 313 g/mol. The van der Waals surface area contributed by atoms with Gasteiger partial charge in [0.15, 0.2) is 0 Å². The normalized spacial score (nSPS) is 12.8. The fourth-order valence-electron chi connectivity index (χ4n) is 1.03. The van der Waals surface area contributed by atoms with Gasteiger partial charge in [-0.2, -0.15) is 0 Å². The predicted molar refractivity (Wildman–Crippen MR) is 76.9 cm³/mol. The lowest BCUT2D eigenvalue weighted by atomic mass is 10.2. The van der Waals surface area contributed by atoms with Crippen molar-refractivity contribution in [3.8, 4) is 11.8 Å².